The zero-order valence-corrected chi connectivity index (χ0v) is 10.9. The standard InChI is InChI=1S/C14H16O5/c1-11(15)19-14(13(16)17-2)18-10-6-9-12-7-4-3-5-8-12/h3-9,14H,10H2,1-2H3/b9-6+. The quantitative estimate of drug-likeness (QED) is 0.579. The number of benzene rings is 1. The van der Waals surface area contributed by atoms with Crippen molar-refractivity contribution in [3.05, 3.63) is 42.0 Å². The van der Waals surface area contributed by atoms with E-state index in [1.807, 2.05) is 36.4 Å². The maximum Gasteiger partial charge on any atom is 0.376 e. The highest BCUT2D eigenvalue weighted by atomic mass is 16.7. The van der Waals surface area contributed by atoms with E-state index in [0.29, 0.717) is 0 Å². The van der Waals surface area contributed by atoms with Crippen LogP contribution in [-0.4, -0.2) is 31.9 Å². The Morgan fingerprint density at radius 1 is 1.26 bits per heavy atom. The fourth-order valence-corrected chi connectivity index (χ4v) is 1.29. The maximum absolute atomic E-state index is 11.3. The lowest BCUT2D eigenvalue weighted by molar-refractivity contribution is -0.195. The average molecular weight is 264 g/mol. The Balaban J connectivity index is 2.46. The third-order valence-electron chi connectivity index (χ3n) is 2.12. The van der Waals surface area contributed by atoms with Gasteiger partial charge in [0.15, 0.2) is 0 Å². The molecule has 5 heteroatoms. The molecule has 0 aromatic heterocycles. The van der Waals surface area contributed by atoms with E-state index in [1.54, 1.807) is 6.08 Å². The van der Waals surface area contributed by atoms with E-state index in [-0.39, 0.29) is 6.61 Å². The van der Waals surface area contributed by atoms with E-state index in [2.05, 4.69) is 9.47 Å². The van der Waals surface area contributed by atoms with Crippen molar-refractivity contribution in [1.29, 1.82) is 0 Å². The molecule has 102 valence electrons. The normalized spacial score (nSPS) is 12.1. The third kappa shape index (κ3) is 5.83. The van der Waals surface area contributed by atoms with Crippen LogP contribution in [-0.2, 0) is 23.8 Å². The average Bonchev–Trinajstić information content (AvgIpc) is 2.42. The predicted octanol–water partition coefficient (Wildman–Crippen LogP) is 1.78. The van der Waals surface area contributed by atoms with E-state index in [4.69, 9.17) is 4.74 Å². The maximum atomic E-state index is 11.3. The summed E-state index contributed by atoms with van der Waals surface area (Å²) in [5.74, 6) is -1.36. The number of esters is 2. The van der Waals surface area contributed by atoms with Crippen LogP contribution in [0.4, 0.5) is 0 Å². The van der Waals surface area contributed by atoms with Gasteiger partial charge >= 0.3 is 18.2 Å². The van der Waals surface area contributed by atoms with Crippen molar-refractivity contribution in [1.82, 2.24) is 0 Å². The molecule has 0 aliphatic carbocycles. The second-order valence-corrected chi connectivity index (χ2v) is 3.61. The molecule has 0 radical (unpaired) electrons. The summed E-state index contributed by atoms with van der Waals surface area (Å²) in [7, 11) is 1.20. The van der Waals surface area contributed by atoms with Gasteiger partial charge in [-0.25, -0.2) is 4.79 Å². The van der Waals surface area contributed by atoms with Crippen molar-refractivity contribution in [3.8, 4) is 0 Å². The summed E-state index contributed by atoms with van der Waals surface area (Å²) in [4.78, 5) is 22.1. The molecule has 0 heterocycles. The van der Waals surface area contributed by atoms with E-state index in [0.717, 1.165) is 5.56 Å². The van der Waals surface area contributed by atoms with E-state index in [1.165, 1.54) is 14.0 Å². The van der Waals surface area contributed by atoms with Crippen molar-refractivity contribution in [2.24, 2.45) is 0 Å². The fraction of sp³-hybridized carbons (Fsp3) is 0.286. The first kappa shape index (κ1) is 14.9. The van der Waals surface area contributed by atoms with Crippen molar-refractivity contribution in [2.75, 3.05) is 13.7 Å². The summed E-state index contributed by atoms with van der Waals surface area (Å²) in [5, 5.41) is 0. The monoisotopic (exact) mass is 264 g/mol. The van der Waals surface area contributed by atoms with Crippen LogP contribution in [0.15, 0.2) is 36.4 Å². The molecule has 0 saturated heterocycles. The van der Waals surface area contributed by atoms with Gasteiger partial charge in [0.1, 0.15) is 0 Å². The molecule has 0 saturated carbocycles. The minimum atomic E-state index is -1.33. The molecule has 0 fully saturated rings. The first-order valence-electron chi connectivity index (χ1n) is 5.71. The minimum absolute atomic E-state index is 0.127. The summed E-state index contributed by atoms with van der Waals surface area (Å²) >= 11 is 0. The molecule has 0 aliphatic rings. The van der Waals surface area contributed by atoms with Crippen molar-refractivity contribution < 1.29 is 23.8 Å². The number of methoxy groups -OCH3 is 1. The van der Waals surface area contributed by atoms with Gasteiger partial charge in [-0.15, -0.1) is 0 Å². The Kier molecular flexibility index (Phi) is 6.32. The van der Waals surface area contributed by atoms with Crippen LogP contribution in [0.3, 0.4) is 0 Å². The molecular formula is C14H16O5. The Morgan fingerprint density at radius 2 is 1.95 bits per heavy atom. The Bertz CT molecular complexity index is 438. The summed E-state index contributed by atoms with van der Waals surface area (Å²) in [6.45, 7) is 1.32. The Morgan fingerprint density at radius 3 is 2.53 bits per heavy atom. The molecule has 5 nitrogen and oxygen atoms in total. The van der Waals surface area contributed by atoms with Crippen molar-refractivity contribution in [3.63, 3.8) is 0 Å². The fourth-order valence-electron chi connectivity index (χ4n) is 1.29. The molecule has 0 aliphatic heterocycles. The van der Waals surface area contributed by atoms with Gasteiger partial charge in [-0.2, -0.15) is 0 Å². The molecule has 0 N–H and O–H groups in total. The van der Waals surface area contributed by atoms with Gasteiger partial charge < -0.3 is 14.2 Å². The Labute approximate surface area is 111 Å². The highest BCUT2D eigenvalue weighted by Gasteiger charge is 2.22. The van der Waals surface area contributed by atoms with Crippen molar-refractivity contribution >= 4 is 18.0 Å². The number of carbonyl (C=O) groups excluding carboxylic acids is 2. The van der Waals surface area contributed by atoms with Gasteiger partial charge in [0.25, 0.3) is 0 Å². The van der Waals surface area contributed by atoms with Crippen LogP contribution < -0.4 is 0 Å². The van der Waals surface area contributed by atoms with E-state index < -0.39 is 18.2 Å². The smallest absolute Gasteiger partial charge is 0.376 e. The third-order valence-corrected chi connectivity index (χ3v) is 2.12. The van der Waals surface area contributed by atoms with Gasteiger partial charge in [-0.05, 0) is 5.56 Å². The number of ether oxygens (including phenoxy) is 3. The second-order valence-electron chi connectivity index (χ2n) is 3.61. The molecule has 19 heavy (non-hydrogen) atoms. The largest absolute Gasteiger partial charge is 0.464 e. The predicted molar refractivity (Wildman–Crippen MR) is 69.0 cm³/mol. The summed E-state index contributed by atoms with van der Waals surface area (Å²) in [6.07, 6.45) is 2.22. The molecule has 0 bridgehead atoms. The van der Waals surface area contributed by atoms with Crippen LogP contribution >= 0.6 is 0 Å². The topological polar surface area (TPSA) is 61.8 Å². The van der Waals surface area contributed by atoms with Gasteiger partial charge in [-0.1, -0.05) is 42.5 Å². The number of hydrogen-bond donors (Lipinski definition) is 0. The van der Waals surface area contributed by atoms with Gasteiger partial charge in [0.05, 0.1) is 13.7 Å². The molecule has 0 spiro atoms. The minimum Gasteiger partial charge on any atom is -0.464 e. The van der Waals surface area contributed by atoms with Crippen LogP contribution in [0.2, 0.25) is 0 Å². The highest BCUT2D eigenvalue weighted by Crippen LogP contribution is 2.03. The summed E-state index contributed by atoms with van der Waals surface area (Å²) in [5.41, 5.74) is 1.01. The molecule has 1 aromatic carbocycles. The zero-order chi connectivity index (χ0) is 14.1. The van der Waals surface area contributed by atoms with Crippen LogP contribution in [0.5, 0.6) is 0 Å². The van der Waals surface area contributed by atoms with Crippen LogP contribution in [0, 0.1) is 0 Å². The van der Waals surface area contributed by atoms with Crippen LogP contribution in [0.25, 0.3) is 6.08 Å². The summed E-state index contributed by atoms with van der Waals surface area (Å²) in [6, 6.07) is 9.61. The molecule has 1 aromatic rings. The molecular weight excluding hydrogens is 248 g/mol. The molecule has 1 atom stereocenters. The van der Waals surface area contributed by atoms with Crippen molar-refractivity contribution in [2.45, 2.75) is 13.2 Å². The number of hydrogen-bond acceptors (Lipinski definition) is 5. The highest BCUT2D eigenvalue weighted by molar-refractivity contribution is 5.77. The first-order valence-corrected chi connectivity index (χ1v) is 5.71. The van der Waals surface area contributed by atoms with Crippen LogP contribution in [0.1, 0.15) is 12.5 Å². The number of rotatable bonds is 6. The zero-order valence-electron chi connectivity index (χ0n) is 10.9. The Hall–Kier alpha value is -2.14. The van der Waals surface area contributed by atoms with E-state index in [9.17, 15) is 9.59 Å². The molecule has 1 unspecified atom stereocenters. The van der Waals surface area contributed by atoms with Gasteiger partial charge in [-0.3, -0.25) is 4.79 Å². The lowest BCUT2D eigenvalue weighted by Crippen LogP contribution is -2.30. The van der Waals surface area contributed by atoms with Gasteiger partial charge in [0.2, 0.25) is 0 Å². The summed E-state index contributed by atoms with van der Waals surface area (Å²) < 4.78 is 14.3. The van der Waals surface area contributed by atoms with E-state index >= 15 is 0 Å². The SMILES string of the molecule is COC(=O)C(OC/C=C/c1ccccc1)OC(C)=O. The second kappa shape index (κ2) is 8.05. The molecule has 1 rings (SSSR count). The molecule has 0 amide bonds. The first-order chi connectivity index (χ1) is 9.13. The van der Waals surface area contributed by atoms with Gasteiger partial charge in [0, 0.05) is 6.92 Å². The lowest BCUT2D eigenvalue weighted by atomic mass is 10.2. The number of carbonyl (C=O) groups is 2. The lowest BCUT2D eigenvalue weighted by Gasteiger charge is -2.13.